The van der Waals surface area contributed by atoms with E-state index in [0.29, 0.717) is 18.7 Å². The standard InChI is InChI=1S/C13H16N4O2/c1-9-10(5-14)4-11(15-9)6-16-2-3-17-12(7-16)8-19-13(17)18/h4,12,15H,2-3,6-8H2,1H3/t12-/m1/s1. The average molecular weight is 260 g/mol. The average Bonchev–Trinajstić information content (AvgIpc) is 2.93. The molecule has 2 fully saturated rings. The molecule has 1 atom stereocenters. The number of H-pyrrole nitrogens is 1. The van der Waals surface area contributed by atoms with Crippen molar-refractivity contribution in [1.29, 1.82) is 5.26 Å². The third-order valence-corrected chi connectivity index (χ3v) is 3.79. The van der Waals surface area contributed by atoms with Crippen molar-refractivity contribution in [2.45, 2.75) is 19.5 Å². The Morgan fingerprint density at radius 3 is 3.16 bits per heavy atom. The maximum absolute atomic E-state index is 11.4. The van der Waals surface area contributed by atoms with Crippen LogP contribution >= 0.6 is 0 Å². The molecule has 0 aromatic carbocycles. The molecule has 1 aromatic heterocycles. The minimum Gasteiger partial charge on any atom is -0.447 e. The second-order valence-corrected chi connectivity index (χ2v) is 5.10. The van der Waals surface area contributed by atoms with Crippen molar-refractivity contribution in [2.24, 2.45) is 0 Å². The molecular formula is C13H16N4O2. The smallest absolute Gasteiger partial charge is 0.410 e. The molecule has 0 saturated carbocycles. The van der Waals surface area contributed by atoms with E-state index in [4.69, 9.17) is 10.00 Å². The highest BCUT2D eigenvalue weighted by molar-refractivity contribution is 5.70. The first kappa shape index (κ1) is 12.1. The quantitative estimate of drug-likeness (QED) is 0.855. The molecule has 3 rings (SSSR count). The normalized spacial score (nSPS) is 23.1. The van der Waals surface area contributed by atoms with Gasteiger partial charge in [0.1, 0.15) is 12.7 Å². The molecular weight excluding hydrogens is 244 g/mol. The van der Waals surface area contributed by atoms with Gasteiger partial charge in [-0.3, -0.25) is 9.80 Å². The summed E-state index contributed by atoms with van der Waals surface area (Å²) in [5.74, 6) is 0. The lowest BCUT2D eigenvalue weighted by Crippen LogP contribution is -2.51. The molecule has 1 aromatic rings. The van der Waals surface area contributed by atoms with Crippen LogP contribution in [0.4, 0.5) is 4.79 Å². The number of aromatic amines is 1. The Labute approximate surface area is 111 Å². The summed E-state index contributed by atoms with van der Waals surface area (Å²) in [7, 11) is 0. The molecule has 1 N–H and O–H groups in total. The fraction of sp³-hybridized carbons (Fsp3) is 0.538. The summed E-state index contributed by atoms with van der Waals surface area (Å²) in [4.78, 5) is 18.7. The number of amides is 1. The number of carbonyl (C=O) groups excluding carboxylic acids is 1. The van der Waals surface area contributed by atoms with Crippen molar-refractivity contribution in [3.63, 3.8) is 0 Å². The second kappa shape index (κ2) is 4.59. The molecule has 6 heteroatoms. The van der Waals surface area contributed by atoms with Gasteiger partial charge < -0.3 is 9.72 Å². The number of rotatable bonds is 2. The van der Waals surface area contributed by atoms with Gasteiger partial charge in [0, 0.05) is 37.6 Å². The molecule has 2 saturated heterocycles. The van der Waals surface area contributed by atoms with E-state index in [0.717, 1.165) is 31.0 Å². The summed E-state index contributed by atoms with van der Waals surface area (Å²) >= 11 is 0. The lowest BCUT2D eigenvalue weighted by Gasteiger charge is -2.35. The highest BCUT2D eigenvalue weighted by Gasteiger charge is 2.37. The summed E-state index contributed by atoms with van der Waals surface area (Å²) in [6.45, 7) is 5.55. The molecule has 2 aliphatic rings. The number of piperazine rings is 1. The molecule has 2 aliphatic heterocycles. The van der Waals surface area contributed by atoms with Crippen LogP contribution in [0.15, 0.2) is 6.07 Å². The van der Waals surface area contributed by atoms with Crippen LogP contribution in [0.1, 0.15) is 17.0 Å². The van der Waals surface area contributed by atoms with Gasteiger partial charge in [0.15, 0.2) is 0 Å². The fourth-order valence-electron chi connectivity index (χ4n) is 2.77. The fourth-order valence-corrected chi connectivity index (χ4v) is 2.77. The van der Waals surface area contributed by atoms with Gasteiger partial charge in [-0.2, -0.15) is 5.26 Å². The number of aromatic nitrogens is 1. The molecule has 0 spiro atoms. The van der Waals surface area contributed by atoms with Crippen LogP contribution in [0.5, 0.6) is 0 Å². The van der Waals surface area contributed by atoms with Gasteiger partial charge in [-0.1, -0.05) is 0 Å². The Bertz CT molecular complexity index is 545. The van der Waals surface area contributed by atoms with Crippen molar-refractivity contribution in [2.75, 3.05) is 26.2 Å². The van der Waals surface area contributed by atoms with Gasteiger partial charge in [-0.25, -0.2) is 4.79 Å². The highest BCUT2D eigenvalue weighted by Crippen LogP contribution is 2.19. The molecule has 0 bridgehead atoms. The molecule has 0 aliphatic carbocycles. The van der Waals surface area contributed by atoms with E-state index in [9.17, 15) is 4.79 Å². The van der Waals surface area contributed by atoms with Gasteiger partial charge in [-0.15, -0.1) is 0 Å². The van der Waals surface area contributed by atoms with Crippen LogP contribution in [0.25, 0.3) is 0 Å². The third kappa shape index (κ3) is 2.17. The van der Waals surface area contributed by atoms with Crippen LogP contribution in [0.2, 0.25) is 0 Å². The van der Waals surface area contributed by atoms with Crippen LogP contribution in [0, 0.1) is 18.3 Å². The van der Waals surface area contributed by atoms with Crippen LogP contribution in [-0.2, 0) is 11.3 Å². The SMILES string of the molecule is Cc1[nH]c(CN2CCN3C(=O)OC[C@H]3C2)cc1C#N. The first-order valence-electron chi connectivity index (χ1n) is 6.41. The van der Waals surface area contributed by atoms with E-state index in [2.05, 4.69) is 16.0 Å². The van der Waals surface area contributed by atoms with Crippen molar-refractivity contribution < 1.29 is 9.53 Å². The number of cyclic esters (lactones) is 1. The van der Waals surface area contributed by atoms with Gasteiger partial charge in [-0.05, 0) is 13.0 Å². The van der Waals surface area contributed by atoms with Gasteiger partial charge >= 0.3 is 6.09 Å². The Morgan fingerprint density at radius 1 is 1.58 bits per heavy atom. The summed E-state index contributed by atoms with van der Waals surface area (Å²) in [5, 5.41) is 8.95. The minimum absolute atomic E-state index is 0.174. The largest absolute Gasteiger partial charge is 0.447 e. The Morgan fingerprint density at radius 2 is 2.42 bits per heavy atom. The Hall–Kier alpha value is -2.00. The number of nitriles is 1. The number of nitrogens with one attached hydrogen (secondary N) is 1. The first-order valence-corrected chi connectivity index (χ1v) is 6.41. The minimum atomic E-state index is -0.188. The van der Waals surface area contributed by atoms with Crippen LogP contribution < -0.4 is 0 Å². The van der Waals surface area contributed by atoms with Crippen molar-refractivity contribution in [1.82, 2.24) is 14.8 Å². The molecule has 0 radical (unpaired) electrons. The van der Waals surface area contributed by atoms with E-state index >= 15 is 0 Å². The van der Waals surface area contributed by atoms with Crippen molar-refractivity contribution in [3.8, 4) is 6.07 Å². The molecule has 1 amide bonds. The van der Waals surface area contributed by atoms with Gasteiger partial charge in [0.2, 0.25) is 0 Å². The van der Waals surface area contributed by atoms with E-state index in [-0.39, 0.29) is 12.1 Å². The second-order valence-electron chi connectivity index (χ2n) is 5.10. The zero-order chi connectivity index (χ0) is 13.4. The maximum Gasteiger partial charge on any atom is 0.410 e. The molecule has 3 heterocycles. The van der Waals surface area contributed by atoms with Crippen LogP contribution in [-0.4, -0.2) is 53.2 Å². The van der Waals surface area contributed by atoms with Crippen LogP contribution in [0.3, 0.4) is 0 Å². The Kier molecular flexibility index (Phi) is 2.91. The zero-order valence-corrected chi connectivity index (χ0v) is 10.8. The topological polar surface area (TPSA) is 72.4 Å². The predicted molar refractivity (Wildman–Crippen MR) is 67.4 cm³/mol. The van der Waals surface area contributed by atoms with Crippen molar-refractivity contribution in [3.05, 3.63) is 23.0 Å². The maximum atomic E-state index is 11.4. The van der Waals surface area contributed by atoms with Gasteiger partial charge in [0.25, 0.3) is 0 Å². The Balaban J connectivity index is 1.65. The lowest BCUT2D eigenvalue weighted by molar-refractivity contribution is 0.115. The molecule has 19 heavy (non-hydrogen) atoms. The zero-order valence-electron chi connectivity index (χ0n) is 10.8. The lowest BCUT2D eigenvalue weighted by atomic mass is 10.2. The van der Waals surface area contributed by atoms with Crippen molar-refractivity contribution >= 4 is 6.09 Å². The van der Waals surface area contributed by atoms with Gasteiger partial charge in [0.05, 0.1) is 11.6 Å². The van der Waals surface area contributed by atoms with E-state index in [1.165, 1.54) is 0 Å². The number of nitrogens with zero attached hydrogens (tertiary/aromatic N) is 3. The monoisotopic (exact) mass is 260 g/mol. The first-order chi connectivity index (χ1) is 9.17. The number of hydrogen-bond acceptors (Lipinski definition) is 4. The van der Waals surface area contributed by atoms with E-state index in [1.54, 1.807) is 4.90 Å². The number of hydrogen-bond donors (Lipinski definition) is 1. The van der Waals surface area contributed by atoms with E-state index in [1.807, 2.05) is 13.0 Å². The summed E-state index contributed by atoms with van der Waals surface area (Å²) in [5.41, 5.74) is 2.66. The summed E-state index contributed by atoms with van der Waals surface area (Å²) in [6, 6.07) is 4.25. The number of ether oxygens (including phenoxy) is 1. The number of carbonyl (C=O) groups is 1. The summed E-state index contributed by atoms with van der Waals surface area (Å²) < 4.78 is 5.05. The molecule has 100 valence electrons. The number of aryl methyl sites for hydroxylation is 1. The molecule has 6 nitrogen and oxygen atoms in total. The predicted octanol–water partition coefficient (Wildman–Crippen LogP) is 0.831. The highest BCUT2D eigenvalue weighted by atomic mass is 16.6. The van der Waals surface area contributed by atoms with E-state index < -0.39 is 0 Å². The number of fused-ring (bicyclic) bond motifs is 1. The third-order valence-electron chi connectivity index (χ3n) is 3.79. The molecule has 0 unspecified atom stereocenters. The summed E-state index contributed by atoms with van der Waals surface area (Å²) in [6.07, 6.45) is -0.188.